The number of amides is 1. The third-order valence-electron chi connectivity index (χ3n) is 5.54. The van der Waals surface area contributed by atoms with Gasteiger partial charge in [0.15, 0.2) is 0 Å². The molecule has 2 aromatic carbocycles. The molecule has 0 aliphatic carbocycles. The van der Waals surface area contributed by atoms with E-state index >= 15 is 0 Å². The standard InChI is InChI=1S/C23H22N4O2S/c1-16-20-15-21(30-23(20)27(24-16)18-5-3-2-4-6-18)22(29)26-13-11-25(12-14-26)17-7-9-19(28)10-8-17/h2-10,15,28H,11-14H2,1H3. The quantitative estimate of drug-likeness (QED) is 0.545. The van der Waals surface area contributed by atoms with Crippen molar-refractivity contribution in [2.75, 3.05) is 31.1 Å². The highest BCUT2D eigenvalue weighted by Crippen LogP contribution is 2.31. The Hall–Kier alpha value is -3.32. The van der Waals surface area contributed by atoms with Crippen molar-refractivity contribution in [1.29, 1.82) is 0 Å². The molecule has 0 saturated carbocycles. The molecule has 7 heteroatoms. The van der Waals surface area contributed by atoms with Crippen LogP contribution in [0.2, 0.25) is 0 Å². The van der Waals surface area contributed by atoms with Crippen molar-refractivity contribution in [3.05, 3.63) is 71.2 Å². The van der Waals surface area contributed by atoms with Crippen LogP contribution in [-0.4, -0.2) is 51.9 Å². The second-order valence-corrected chi connectivity index (χ2v) is 8.49. The number of rotatable bonds is 3. The summed E-state index contributed by atoms with van der Waals surface area (Å²) in [7, 11) is 0. The summed E-state index contributed by atoms with van der Waals surface area (Å²) in [5.41, 5.74) is 3.00. The number of aromatic hydroxyl groups is 1. The fourth-order valence-corrected chi connectivity index (χ4v) is 5.03. The molecule has 1 fully saturated rings. The molecule has 5 rings (SSSR count). The number of benzene rings is 2. The largest absolute Gasteiger partial charge is 0.508 e. The Bertz CT molecular complexity index is 1190. The summed E-state index contributed by atoms with van der Waals surface area (Å²) in [4.78, 5) is 19.1. The van der Waals surface area contributed by atoms with Gasteiger partial charge in [-0.05, 0) is 49.4 Å². The van der Waals surface area contributed by atoms with Gasteiger partial charge in [0.2, 0.25) is 0 Å². The van der Waals surface area contributed by atoms with E-state index in [1.165, 1.54) is 11.3 Å². The van der Waals surface area contributed by atoms with Gasteiger partial charge in [0.25, 0.3) is 5.91 Å². The van der Waals surface area contributed by atoms with Gasteiger partial charge >= 0.3 is 0 Å². The minimum absolute atomic E-state index is 0.0839. The summed E-state index contributed by atoms with van der Waals surface area (Å²) in [5, 5.41) is 15.2. The highest BCUT2D eigenvalue weighted by atomic mass is 32.1. The number of hydrogen-bond donors (Lipinski definition) is 1. The van der Waals surface area contributed by atoms with E-state index in [-0.39, 0.29) is 11.7 Å². The number of hydrogen-bond acceptors (Lipinski definition) is 5. The molecule has 6 nitrogen and oxygen atoms in total. The molecular formula is C23H22N4O2S. The van der Waals surface area contributed by atoms with E-state index in [0.29, 0.717) is 13.1 Å². The Morgan fingerprint density at radius 3 is 2.37 bits per heavy atom. The first-order chi connectivity index (χ1) is 14.6. The molecule has 1 saturated heterocycles. The molecular weight excluding hydrogens is 396 g/mol. The summed E-state index contributed by atoms with van der Waals surface area (Å²) < 4.78 is 1.93. The number of carbonyl (C=O) groups is 1. The predicted octanol–water partition coefficient (Wildman–Crippen LogP) is 4.06. The smallest absolute Gasteiger partial charge is 0.264 e. The average Bonchev–Trinajstić information content (AvgIpc) is 3.35. The number of piperazine rings is 1. The monoisotopic (exact) mass is 418 g/mol. The lowest BCUT2D eigenvalue weighted by Gasteiger charge is -2.36. The van der Waals surface area contributed by atoms with E-state index in [0.717, 1.165) is 45.3 Å². The van der Waals surface area contributed by atoms with E-state index in [4.69, 9.17) is 0 Å². The minimum Gasteiger partial charge on any atom is -0.508 e. The topological polar surface area (TPSA) is 61.6 Å². The Labute approximate surface area is 178 Å². The van der Waals surface area contributed by atoms with Crippen molar-refractivity contribution in [3.63, 3.8) is 0 Å². The molecule has 152 valence electrons. The summed E-state index contributed by atoms with van der Waals surface area (Å²) >= 11 is 1.51. The molecule has 0 unspecified atom stereocenters. The van der Waals surface area contributed by atoms with Crippen LogP contribution in [0.15, 0.2) is 60.7 Å². The summed E-state index contributed by atoms with van der Waals surface area (Å²) in [5.74, 6) is 0.349. The number of aryl methyl sites for hydroxylation is 1. The predicted molar refractivity (Wildman–Crippen MR) is 120 cm³/mol. The number of aromatic nitrogens is 2. The number of nitrogens with zero attached hydrogens (tertiary/aromatic N) is 4. The molecule has 3 heterocycles. The summed E-state index contributed by atoms with van der Waals surface area (Å²) in [6.07, 6.45) is 0. The van der Waals surface area contributed by atoms with Crippen LogP contribution in [0, 0.1) is 6.92 Å². The first-order valence-corrected chi connectivity index (χ1v) is 10.8. The number of carbonyl (C=O) groups excluding carboxylic acids is 1. The lowest BCUT2D eigenvalue weighted by Crippen LogP contribution is -2.48. The summed E-state index contributed by atoms with van der Waals surface area (Å²) in [6, 6.07) is 19.2. The molecule has 1 aliphatic heterocycles. The number of phenolic OH excluding ortho intramolecular Hbond substituents is 1. The van der Waals surface area contributed by atoms with Crippen LogP contribution in [0.3, 0.4) is 0 Å². The van der Waals surface area contributed by atoms with Gasteiger partial charge in [0.05, 0.1) is 16.3 Å². The van der Waals surface area contributed by atoms with E-state index in [1.807, 2.05) is 65.0 Å². The third-order valence-corrected chi connectivity index (χ3v) is 6.64. The zero-order chi connectivity index (χ0) is 20.7. The van der Waals surface area contributed by atoms with Gasteiger partial charge in [-0.2, -0.15) is 5.10 Å². The molecule has 30 heavy (non-hydrogen) atoms. The van der Waals surface area contributed by atoms with Gasteiger partial charge in [0.1, 0.15) is 10.6 Å². The molecule has 1 aliphatic rings. The molecule has 0 spiro atoms. The zero-order valence-electron chi connectivity index (χ0n) is 16.7. The average molecular weight is 419 g/mol. The highest BCUT2D eigenvalue weighted by Gasteiger charge is 2.25. The first-order valence-electron chi connectivity index (χ1n) is 9.98. The fourth-order valence-electron chi connectivity index (χ4n) is 3.88. The number of thiophene rings is 1. The molecule has 1 N–H and O–H groups in total. The van der Waals surface area contributed by atoms with Crippen LogP contribution in [-0.2, 0) is 0 Å². The summed E-state index contributed by atoms with van der Waals surface area (Å²) in [6.45, 7) is 4.89. The number of fused-ring (bicyclic) bond motifs is 1. The van der Waals surface area contributed by atoms with Crippen molar-refractivity contribution in [1.82, 2.24) is 14.7 Å². The lowest BCUT2D eigenvalue weighted by atomic mass is 10.2. The maximum Gasteiger partial charge on any atom is 0.264 e. The second kappa shape index (κ2) is 7.50. The van der Waals surface area contributed by atoms with Gasteiger partial charge in [0, 0.05) is 37.3 Å². The first kappa shape index (κ1) is 18.7. The van der Waals surface area contributed by atoms with Crippen LogP contribution in [0.1, 0.15) is 15.4 Å². The maximum atomic E-state index is 13.2. The van der Waals surface area contributed by atoms with E-state index in [9.17, 15) is 9.90 Å². The SMILES string of the molecule is Cc1nn(-c2ccccc2)c2sc(C(=O)N3CCN(c4ccc(O)cc4)CC3)cc12. The van der Waals surface area contributed by atoms with E-state index in [2.05, 4.69) is 10.00 Å². The van der Waals surface area contributed by atoms with Crippen LogP contribution in [0.5, 0.6) is 5.75 Å². The Morgan fingerprint density at radius 1 is 0.967 bits per heavy atom. The normalized spacial score (nSPS) is 14.4. The van der Waals surface area contributed by atoms with Crippen molar-refractivity contribution in [2.45, 2.75) is 6.92 Å². The number of phenols is 1. The van der Waals surface area contributed by atoms with E-state index < -0.39 is 0 Å². The lowest BCUT2D eigenvalue weighted by molar-refractivity contribution is 0.0751. The molecule has 0 atom stereocenters. The van der Waals surface area contributed by atoms with Crippen molar-refractivity contribution in [3.8, 4) is 11.4 Å². The maximum absolute atomic E-state index is 13.2. The molecule has 4 aromatic rings. The minimum atomic E-state index is 0.0839. The molecule has 0 bridgehead atoms. The van der Waals surface area contributed by atoms with Crippen LogP contribution in [0.25, 0.3) is 15.9 Å². The zero-order valence-corrected chi connectivity index (χ0v) is 17.5. The van der Waals surface area contributed by atoms with E-state index in [1.54, 1.807) is 12.1 Å². The van der Waals surface area contributed by atoms with Gasteiger partial charge in [-0.1, -0.05) is 18.2 Å². The molecule has 0 radical (unpaired) electrons. The molecule has 1 amide bonds. The molecule has 2 aromatic heterocycles. The number of para-hydroxylation sites is 1. The Balaban J connectivity index is 1.35. The van der Waals surface area contributed by atoms with Crippen molar-refractivity contribution in [2.24, 2.45) is 0 Å². The van der Waals surface area contributed by atoms with Gasteiger partial charge in [-0.15, -0.1) is 11.3 Å². The van der Waals surface area contributed by atoms with Crippen molar-refractivity contribution < 1.29 is 9.90 Å². The van der Waals surface area contributed by atoms with Gasteiger partial charge < -0.3 is 14.9 Å². The van der Waals surface area contributed by atoms with Crippen LogP contribution in [0.4, 0.5) is 5.69 Å². The third kappa shape index (κ3) is 3.31. The van der Waals surface area contributed by atoms with Crippen LogP contribution < -0.4 is 4.90 Å². The van der Waals surface area contributed by atoms with Gasteiger partial charge in [-0.3, -0.25) is 4.79 Å². The highest BCUT2D eigenvalue weighted by molar-refractivity contribution is 7.20. The number of anilines is 1. The van der Waals surface area contributed by atoms with Crippen LogP contribution >= 0.6 is 11.3 Å². The van der Waals surface area contributed by atoms with Crippen molar-refractivity contribution >= 4 is 33.1 Å². The Morgan fingerprint density at radius 2 is 1.67 bits per heavy atom. The second-order valence-electron chi connectivity index (χ2n) is 7.46. The fraction of sp³-hybridized carbons (Fsp3) is 0.217. The van der Waals surface area contributed by atoms with Gasteiger partial charge in [-0.25, -0.2) is 4.68 Å². The Kier molecular flexibility index (Phi) is 4.67.